The van der Waals surface area contributed by atoms with Crippen molar-refractivity contribution >= 4 is 5.78 Å². The van der Waals surface area contributed by atoms with Crippen LogP contribution in [0.5, 0.6) is 0 Å². The zero-order valence-corrected chi connectivity index (χ0v) is 6.26. The van der Waals surface area contributed by atoms with Gasteiger partial charge >= 0.3 is 0 Å². The maximum atomic E-state index is 11.1. The summed E-state index contributed by atoms with van der Waals surface area (Å²) in [5.41, 5.74) is 1.43. The molecule has 0 aliphatic heterocycles. The maximum Gasteiger partial charge on any atom is 0.159 e. The molecule has 54 valence electrons. The van der Waals surface area contributed by atoms with E-state index >= 15 is 0 Å². The third kappa shape index (κ3) is 0.664. The second-order valence-electron chi connectivity index (χ2n) is 3.41. The standard InChI is InChI=1S/C9H12O/c1-6-8-4-2-3-7(8)5-9(6)10/h5-6,8H,2-4H2,1H3. The molecule has 0 aromatic rings. The van der Waals surface area contributed by atoms with Crippen LogP contribution < -0.4 is 0 Å². The molecule has 1 fully saturated rings. The van der Waals surface area contributed by atoms with Crippen molar-refractivity contribution in [1.29, 1.82) is 0 Å². The number of carbonyl (C=O) groups is 1. The zero-order valence-electron chi connectivity index (χ0n) is 6.26. The van der Waals surface area contributed by atoms with Gasteiger partial charge in [0, 0.05) is 5.92 Å². The zero-order chi connectivity index (χ0) is 7.14. The molecule has 2 aliphatic rings. The Hall–Kier alpha value is -0.590. The molecular formula is C9H12O. The largest absolute Gasteiger partial charge is 0.295 e. The fourth-order valence-corrected chi connectivity index (χ4v) is 2.16. The van der Waals surface area contributed by atoms with Gasteiger partial charge in [-0.15, -0.1) is 0 Å². The molecule has 1 saturated carbocycles. The average Bonchev–Trinajstić information content (AvgIpc) is 2.41. The van der Waals surface area contributed by atoms with Crippen molar-refractivity contribution in [2.45, 2.75) is 26.2 Å². The lowest BCUT2D eigenvalue weighted by atomic mass is 9.94. The van der Waals surface area contributed by atoms with Gasteiger partial charge in [-0.05, 0) is 31.3 Å². The number of ketones is 1. The molecule has 1 heteroatoms. The number of hydrogen-bond donors (Lipinski definition) is 0. The Bertz CT molecular complexity index is 203. The first-order chi connectivity index (χ1) is 4.79. The maximum absolute atomic E-state index is 11.1. The number of hydrogen-bond acceptors (Lipinski definition) is 1. The number of rotatable bonds is 0. The van der Waals surface area contributed by atoms with Gasteiger partial charge in [-0.1, -0.05) is 12.5 Å². The van der Waals surface area contributed by atoms with Gasteiger partial charge in [0.15, 0.2) is 5.78 Å². The van der Waals surface area contributed by atoms with Gasteiger partial charge in [-0.2, -0.15) is 0 Å². The van der Waals surface area contributed by atoms with Crippen LogP contribution in [0.2, 0.25) is 0 Å². The molecular weight excluding hydrogens is 124 g/mol. The summed E-state index contributed by atoms with van der Waals surface area (Å²) in [6, 6.07) is 0. The lowest BCUT2D eigenvalue weighted by Crippen LogP contribution is -2.10. The molecule has 2 aliphatic carbocycles. The Morgan fingerprint density at radius 2 is 2.40 bits per heavy atom. The van der Waals surface area contributed by atoms with Crippen LogP contribution in [0.25, 0.3) is 0 Å². The number of allylic oxidation sites excluding steroid dienone is 2. The summed E-state index contributed by atoms with van der Waals surface area (Å²) in [5, 5.41) is 0. The molecule has 2 rings (SSSR count). The summed E-state index contributed by atoms with van der Waals surface area (Å²) in [7, 11) is 0. The van der Waals surface area contributed by atoms with Crippen molar-refractivity contribution in [1.82, 2.24) is 0 Å². The molecule has 1 nitrogen and oxygen atoms in total. The van der Waals surface area contributed by atoms with Crippen LogP contribution in [0.4, 0.5) is 0 Å². The van der Waals surface area contributed by atoms with Crippen LogP contribution in [0, 0.1) is 11.8 Å². The monoisotopic (exact) mass is 136 g/mol. The summed E-state index contributed by atoms with van der Waals surface area (Å²) in [5.74, 6) is 1.30. The highest BCUT2D eigenvalue weighted by Gasteiger charge is 2.35. The normalized spacial score (nSPS) is 38.1. The van der Waals surface area contributed by atoms with E-state index in [1.165, 1.54) is 24.8 Å². The Morgan fingerprint density at radius 1 is 1.60 bits per heavy atom. The summed E-state index contributed by atoms with van der Waals surface area (Å²) < 4.78 is 0. The van der Waals surface area contributed by atoms with Crippen molar-refractivity contribution in [2.75, 3.05) is 0 Å². The lowest BCUT2D eigenvalue weighted by Gasteiger charge is -2.09. The molecule has 0 saturated heterocycles. The SMILES string of the molecule is CC1C(=O)C=C2CCCC21. The molecule has 0 N–H and O–H groups in total. The van der Waals surface area contributed by atoms with Crippen LogP contribution >= 0.6 is 0 Å². The predicted molar refractivity (Wildman–Crippen MR) is 39.6 cm³/mol. The summed E-state index contributed by atoms with van der Waals surface area (Å²) in [6.45, 7) is 2.06. The van der Waals surface area contributed by atoms with Crippen molar-refractivity contribution in [2.24, 2.45) is 11.8 Å². The highest BCUT2D eigenvalue weighted by molar-refractivity contribution is 5.95. The number of carbonyl (C=O) groups excluding carboxylic acids is 1. The minimum Gasteiger partial charge on any atom is -0.295 e. The Labute approximate surface area is 61.1 Å². The van der Waals surface area contributed by atoms with Crippen molar-refractivity contribution in [3.05, 3.63) is 11.6 Å². The third-order valence-corrected chi connectivity index (χ3v) is 2.84. The molecule has 0 aromatic carbocycles. The first-order valence-electron chi connectivity index (χ1n) is 4.03. The van der Waals surface area contributed by atoms with E-state index in [0.717, 1.165) is 0 Å². The van der Waals surface area contributed by atoms with Crippen molar-refractivity contribution in [3.8, 4) is 0 Å². The van der Waals surface area contributed by atoms with Gasteiger partial charge in [-0.3, -0.25) is 4.79 Å². The van der Waals surface area contributed by atoms with E-state index in [4.69, 9.17) is 0 Å². The van der Waals surface area contributed by atoms with Gasteiger partial charge in [0.1, 0.15) is 0 Å². The predicted octanol–water partition coefficient (Wildman–Crippen LogP) is 1.93. The first kappa shape index (κ1) is 6.14. The highest BCUT2D eigenvalue weighted by Crippen LogP contribution is 2.41. The molecule has 2 unspecified atom stereocenters. The van der Waals surface area contributed by atoms with E-state index in [-0.39, 0.29) is 0 Å². The number of fused-ring (bicyclic) bond motifs is 1. The molecule has 0 aromatic heterocycles. The molecule has 0 amide bonds. The molecule has 0 spiro atoms. The molecule has 0 radical (unpaired) electrons. The van der Waals surface area contributed by atoms with E-state index in [1.54, 1.807) is 0 Å². The molecule has 10 heavy (non-hydrogen) atoms. The second-order valence-corrected chi connectivity index (χ2v) is 3.41. The summed E-state index contributed by atoms with van der Waals surface area (Å²) in [6.07, 6.45) is 5.61. The van der Waals surface area contributed by atoms with E-state index < -0.39 is 0 Å². The Kier molecular flexibility index (Phi) is 1.19. The van der Waals surface area contributed by atoms with Crippen LogP contribution in [-0.4, -0.2) is 5.78 Å². The second kappa shape index (κ2) is 1.94. The molecule has 0 bridgehead atoms. The topological polar surface area (TPSA) is 17.1 Å². The molecule has 2 atom stereocenters. The summed E-state index contributed by atoms with van der Waals surface area (Å²) >= 11 is 0. The minimum absolute atomic E-state index is 0.303. The van der Waals surface area contributed by atoms with E-state index in [1.807, 2.05) is 6.08 Å². The quantitative estimate of drug-likeness (QED) is 0.497. The van der Waals surface area contributed by atoms with Gasteiger partial charge in [0.05, 0.1) is 0 Å². The van der Waals surface area contributed by atoms with Gasteiger partial charge in [0.2, 0.25) is 0 Å². The Balaban J connectivity index is 2.30. The van der Waals surface area contributed by atoms with Crippen LogP contribution in [-0.2, 0) is 4.79 Å². The van der Waals surface area contributed by atoms with Crippen LogP contribution in [0.3, 0.4) is 0 Å². The van der Waals surface area contributed by atoms with E-state index in [2.05, 4.69) is 6.92 Å². The van der Waals surface area contributed by atoms with Crippen molar-refractivity contribution < 1.29 is 4.79 Å². The Morgan fingerprint density at radius 3 is 3.10 bits per heavy atom. The van der Waals surface area contributed by atoms with Crippen molar-refractivity contribution in [3.63, 3.8) is 0 Å². The third-order valence-electron chi connectivity index (χ3n) is 2.84. The average molecular weight is 136 g/mol. The minimum atomic E-state index is 0.303. The first-order valence-corrected chi connectivity index (χ1v) is 4.03. The van der Waals surface area contributed by atoms with Gasteiger partial charge in [0.25, 0.3) is 0 Å². The fraction of sp³-hybridized carbons (Fsp3) is 0.667. The van der Waals surface area contributed by atoms with E-state index in [0.29, 0.717) is 17.6 Å². The van der Waals surface area contributed by atoms with Crippen LogP contribution in [0.15, 0.2) is 11.6 Å². The lowest BCUT2D eigenvalue weighted by molar-refractivity contribution is -0.117. The molecule has 0 heterocycles. The van der Waals surface area contributed by atoms with Gasteiger partial charge < -0.3 is 0 Å². The fourth-order valence-electron chi connectivity index (χ4n) is 2.16. The smallest absolute Gasteiger partial charge is 0.159 e. The van der Waals surface area contributed by atoms with Crippen LogP contribution in [0.1, 0.15) is 26.2 Å². The summed E-state index contributed by atoms with van der Waals surface area (Å²) in [4.78, 5) is 11.1. The highest BCUT2D eigenvalue weighted by atomic mass is 16.1. The van der Waals surface area contributed by atoms with Gasteiger partial charge in [-0.25, -0.2) is 0 Å². The van der Waals surface area contributed by atoms with E-state index in [9.17, 15) is 4.79 Å².